The van der Waals surface area contributed by atoms with Crippen LogP contribution in [0.2, 0.25) is 10.0 Å². The van der Waals surface area contributed by atoms with E-state index in [1.165, 1.54) is 24.8 Å². The summed E-state index contributed by atoms with van der Waals surface area (Å²) < 4.78 is 39.9. The molecule has 0 fully saturated rings. The summed E-state index contributed by atoms with van der Waals surface area (Å²) in [5.41, 5.74) is 8.77. The number of aromatic nitrogens is 4. The number of benzene rings is 4. The van der Waals surface area contributed by atoms with Gasteiger partial charge in [0.15, 0.2) is 11.6 Å². The van der Waals surface area contributed by atoms with Gasteiger partial charge < -0.3 is 40.7 Å². The maximum absolute atomic E-state index is 14.4. The van der Waals surface area contributed by atoms with Crippen molar-refractivity contribution in [3.05, 3.63) is 106 Å². The maximum atomic E-state index is 14.4. The fourth-order valence-electron chi connectivity index (χ4n) is 6.84. The molecule has 0 aliphatic heterocycles. The van der Waals surface area contributed by atoms with Crippen LogP contribution in [0.25, 0.3) is 21.8 Å². The number of nitrogens with one attached hydrogen (secondary N) is 2. The molecule has 0 bridgehead atoms. The Morgan fingerprint density at radius 3 is 1.47 bits per heavy atom. The molecule has 20 heteroatoms. The highest BCUT2D eigenvalue weighted by molar-refractivity contribution is 6.31. The zero-order valence-corrected chi connectivity index (χ0v) is 38.2. The molecule has 2 heterocycles. The highest BCUT2D eigenvalue weighted by atomic mass is 35.5. The molecular weight excluding hydrogens is 871 g/mol. The summed E-state index contributed by atoms with van der Waals surface area (Å²) in [6.45, 7) is 1.53. The second kappa shape index (κ2) is 22.1. The molecular formula is C44H51Cl2F2N11O5. The summed E-state index contributed by atoms with van der Waals surface area (Å²) in [5, 5.41) is 16.9. The molecule has 0 spiro atoms. The van der Waals surface area contributed by atoms with Crippen molar-refractivity contribution in [1.82, 2.24) is 39.5 Å². The number of primary amides is 1. The first-order chi connectivity index (χ1) is 30.4. The molecule has 6 aromatic rings. The fourth-order valence-corrected chi connectivity index (χ4v) is 7.19. The van der Waals surface area contributed by atoms with E-state index < -0.39 is 35.6 Å². The predicted octanol–water partition coefficient (Wildman–Crippen LogP) is 6.64. The number of aliphatic carboxylic acids is 1. The van der Waals surface area contributed by atoms with Gasteiger partial charge in [0.05, 0.1) is 46.7 Å². The molecule has 0 saturated heterocycles. The zero-order valence-electron chi connectivity index (χ0n) is 36.7. The lowest BCUT2D eigenvalue weighted by Gasteiger charge is -2.28. The monoisotopic (exact) mass is 921 g/mol. The Labute approximate surface area is 379 Å². The number of methoxy groups -OCH3 is 2. The number of halogens is 4. The lowest BCUT2D eigenvalue weighted by Crippen LogP contribution is -2.48. The standard InChI is InChI=1S/C22H26ClFN6O2.C22H25ClFN5O3/c1-29(2)11-18(21(25)31)30(3)10-13-8-14-17(9-19(13)32-4)26-12-27-22(14)28-16-7-5-6-15(23)20(16)24;1-28(2)11-18(22(30)31)29(3)10-13-8-14-17(9-19(13)32-4)25-12-26-21(14)27-16-7-5-6-15(23)20(16)24/h5-9,12,18H,10-11H2,1-4H3,(H2,25,31)(H,26,27,28);5-9,12,18H,10-11H2,1-4H3,(H,30,31)(H,25,26,27)/t2*18-/m00/s1. The lowest BCUT2D eigenvalue weighted by atomic mass is 10.1. The molecule has 4 aromatic carbocycles. The highest BCUT2D eigenvalue weighted by Gasteiger charge is 2.26. The van der Waals surface area contributed by atoms with Crippen molar-refractivity contribution < 1.29 is 33.0 Å². The third-order valence-corrected chi connectivity index (χ3v) is 10.7. The van der Waals surface area contributed by atoms with Crippen molar-refractivity contribution in [2.24, 2.45) is 5.73 Å². The van der Waals surface area contributed by atoms with Crippen molar-refractivity contribution in [3.63, 3.8) is 0 Å². The zero-order chi connectivity index (χ0) is 46.8. The van der Waals surface area contributed by atoms with Crippen LogP contribution in [0.1, 0.15) is 11.1 Å². The van der Waals surface area contributed by atoms with Crippen molar-refractivity contribution in [3.8, 4) is 11.5 Å². The van der Waals surface area contributed by atoms with Crippen LogP contribution in [-0.2, 0) is 22.7 Å². The minimum Gasteiger partial charge on any atom is -0.496 e. The third-order valence-electron chi connectivity index (χ3n) is 10.1. The number of amides is 1. The number of carboxylic acids is 1. The minimum atomic E-state index is -0.914. The largest absolute Gasteiger partial charge is 0.496 e. The van der Waals surface area contributed by atoms with E-state index in [0.29, 0.717) is 71.1 Å². The SMILES string of the molecule is COc1cc2ncnc(Nc3cccc(Cl)c3F)c2cc1CN(C)[C@@H](CN(C)C)C(=O)O.COc1cc2ncnc(Nc3cccc(Cl)c3F)c2cc1CN(C)[C@@H](CN(C)C)C(N)=O. The Bertz CT molecular complexity index is 2430. The summed E-state index contributed by atoms with van der Waals surface area (Å²) >= 11 is 11.8. The number of ether oxygens (including phenoxy) is 2. The van der Waals surface area contributed by atoms with Crippen LogP contribution in [-0.4, -0.2) is 138 Å². The number of anilines is 4. The van der Waals surface area contributed by atoms with E-state index in [9.17, 15) is 23.5 Å². The maximum Gasteiger partial charge on any atom is 0.322 e. The van der Waals surface area contributed by atoms with E-state index in [2.05, 4.69) is 30.6 Å². The Morgan fingerprint density at radius 1 is 0.688 bits per heavy atom. The smallest absolute Gasteiger partial charge is 0.322 e. The molecule has 2 aromatic heterocycles. The number of likely N-dealkylation sites (N-methyl/N-ethyl adjacent to an activating group) is 4. The first kappa shape index (κ1) is 49.0. The molecule has 340 valence electrons. The molecule has 0 radical (unpaired) electrons. The number of nitrogens with zero attached hydrogens (tertiary/aromatic N) is 8. The molecule has 0 aliphatic rings. The van der Waals surface area contributed by atoms with Gasteiger partial charge in [-0.25, -0.2) is 28.7 Å². The summed E-state index contributed by atoms with van der Waals surface area (Å²) in [5.74, 6) is -0.489. The van der Waals surface area contributed by atoms with Gasteiger partial charge in [0.25, 0.3) is 0 Å². The number of carboxylic acid groups (broad SMARTS) is 1. The van der Waals surface area contributed by atoms with Crippen molar-refractivity contribution in [1.29, 1.82) is 0 Å². The number of hydrogen-bond donors (Lipinski definition) is 4. The molecule has 0 unspecified atom stereocenters. The van der Waals surface area contributed by atoms with E-state index in [-0.39, 0.29) is 21.4 Å². The van der Waals surface area contributed by atoms with E-state index in [0.717, 1.165) is 11.1 Å². The average molecular weight is 923 g/mol. The average Bonchev–Trinajstić information content (AvgIpc) is 3.24. The number of carbonyl (C=O) groups is 2. The Morgan fingerprint density at radius 2 is 1.09 bits per heavy atom. The number of nitrogens with two attached hydrogens (primary N) is 1. The molecule has 6 rings (SSSR count). The first-order valence-electron chi connectivity index (χ1n) is 19.7. The van der Waals surface area contributed by atoms with E-state index >= 15 is 0 Å². The summed E-state index contributed by atoms with van der Waals surface area (Å²) in [6.07, 6.45) is 2.76. The van der Waals surface area contributed by atoms with Gasteiger partial charge in [0.2, 0.25) is 5.91 Å². The lowest BCUT2D eigenvalue weighted by molar-refractivity contribution is -0.143. The number of carbonyl (C=O) groups excluding carboxylic acids is 1. The number of hydrogen-bond acceptors (Lipinski definition) is 14. The summed E-state index contributed by atoms with van der Waals surface area (Å²) in [4.78, 5) is 48.2. The first-order valence-corrected chi connectivity index (χ1v) is 20.4. The van der Waals surface area contributed by atoms with Crippen LogP contribution in [0.4, 0.5) is 31.8 Å². The number of rotatable bonds is 18. The van der Waals surface area contributed by atoms with Crippen molar-refractivity contribution >= 4 is 79.9 Å². The third kappa shape index (κ3) is 12.2. The van der Waals surface area contributed by atoms with Crippen LogP contribution in [0.3, 0.4) is 0 Å². The summed E-state index contributed by atoms with van der Waals surface area (Å²) in [7, 11) is 14.1. The number of fused-ring (bicyclic) bond motifs is 2. The van der Waals surface area contributed by atoms with E-state index in [4.69, 9.17) is 38.4 Å². The van der Waals surface area contributed by atoms with E-state index in [1.54, 1.807) is 62.6 Å². The van der Waals surface area contributed by atoms with Crippen molar-refractivity contribution in [2.45, 2.75) is 25.2 Å². The normalized spacial score (nSPS) is 12.4. The van der Waals surface area contributed by atoms with E-state index in [1.807, 2.05) is 62.1 Å². The van der Waals surface area contributed by atoms with Gasteiger partial charge in [-0.15, -0.1) is 0 Å². The molecule has 1 amide bonds. The summed E-state index contributed by atoms with van der Waals surface area (Å²) in [6, 6.07) is 15.4. The molecule has 16 nitrogen and oxygen atoms in total. The molecule has 5 N–H and O–H groups in total. The molecule has 64 heavy (non-hydrogen) atoms. The van der Waals surface area contributed by atoms with Gasteiger partial charge in [-0.05, 0) is 78.7 Å². The van der Waals surface area contributed by atoms with Crippen LogP contribution in [0.5, 0.6) is 11.5 Å². The van der Waals surface area contributed by atoms with Crippen molar-refractivity contribution in [2.75, 3.05) is 80.2 Å². The van der Waals surface area contributed by atoms with Crippen LogP contribution < -0.4 is 25.8 Å². The Balaban J connectivity index is 0.000000241. The quantitative estimate of drug-likeness (QED) is 0.0718. The van der Waals surface area contributed by atoms with Crippen LogP contribution in [0.15, 0.2) is 73.3 Å². The minimum absolute atomic E-state index is 0.00190. The van der Waals surface area contributed by atoms with Gasteiger partial charge in [0.1, 0.15) is 47.9 Å². The highest BCUT2D eigenvalue weighted by Crippen LogP contribution is 2.34. The Hall–Kier alpha value is -6.02. The second-order valence-corrected chi connectivity index (χ2v) is 16.2. The Kier molecular flexibility index (Phi) is 16.9. The van der Waals surface area contributed by atoms with Gasteiger partial charge in [-0.3, -0.25) is 19.4 Å². The topological polar surface area (TPSA) is 187 Å². The molecule has 2 atom stereocenters. The van der Waals surface area contributed by atoms with Gasteiger partial charge in [-0.1, -0.05) is 35.3 Å². The molecule has 0 aliphatic carbocycles. The van der Waals surface area contributed by atoms with Gasteiger partial charge >= 0.3 is 5.97 Å². The van der Waals surface area contributed by atoms with Crippen LogP contribution >= 0.6 is 23.2 Å². The van der Waals surface area contributed by atoms with Gasteiger partial charge in [-0.2, -0.15) is 0 Å². The van der Waals surface area contributed by atoms with Gasteiger partial charge in [0, 0.05) is 60.2 Å². The fraction of sp³-hybridized carbons (Fsp3) is 0.318. The second-order valence-electron chi connectivity index (χ2n) is 15.4. The predicted molar refractivity (Wildman–Crippen MR) is 246 cm³/mol. The molecule has 0 saturated carbocycles. The van der Waals surface area contributed by atoms with Crippen LogP contribution in [0, 0.1) is 11.6 Å².